The van der Waals surface area contributed by atoms with Crippen molar-refractivity contribution in [1.82, 2.24) is 10.3 Å². The topological polar surface area (TPSA) is 80.3 Å². The maximum absolute atomic E-state index is 12.0. The quantitative estimate of drug-likeness (QED) is 0.601. The molecule has 0 aliphatic rings. The summed E-state index contributed by atoms with van der Waals surface area (Å²) in [4.78, 5) is 31.4. The molecule has 0 saturated heterocycles. The molecule has 1 heterocycles. The molecule has 0 amide bonds. The highest BCUT2D eigenvalue weighted by Crippen LogP contribution is 2.10. The van der Waals surface area contributed by atoms with Crippen LogP contribution in [0.4, 0.5) is 5.69 Å². The number of nitrogens with one attached hydrogen (secondary N) is 2. The van der Waals surface area contributed by atoms with Crippen LogP contribution in [-0.4, -0.2) is 23.3 Å². The minimum atomic E-state index is -0.431. The molecular formula is C16H17N3O3. The molecule has 0 unspecified atom stereocenters. The van der Waals surface area contributed by atoms with Gasteiger partial charge in [0.2, 0.25) is 0 Å². The summed E-state index contributed by atoms with van der Waals surface area (Å²) in [6.45, 7) is 2.14. The average molecular weight is 299 g/mol. The third-order valence-electron chi connectivity index (χ3n) is 2.86. The smallest absolute Gasteiger partial charge is 0.329 e. The fraction of sp³-hybridized carbons (Fsp3) is 0.188. The van der Waals surface area contributed by atoms with E-state index in [1.807, 2.05) is 12.1 Å². The third-order valence-corrected chi connectivity index (χ3v) is 2.86. The fourth-order valence-electron chi connectivity index (χ4n) is 1.78. The number of benzene rings is 1. The number of Topliss-reactive ketones (excluding diaryl/α,β-unsaturated/α-hetero) is 1. The standard InChI is InChI=1S/C16H17N3O3/c1-12(20)22-19-15-6-4-14(5-7-15)16(21)11-18-10-13-3-2-8-17-9-13/h2-9,18-19H,10-11H2,1H3. The van der Waals surface area contributed by atoms with Gasteiger partial charge in [-0.25, -0.2) is 5.48 Å². The number of hydrogen-bond donors (Lipinski definition) is 2. The van der Waals surface area contributed by atoms with E-state index in [0.29, 0.717) is 17.8 Å². The van der Waals surface area contributed by atoms with Gasteiger partial charge < -0.3 is 10.2 Å². The maximum Gasteiger partial charge on any atom is 0.329 e. The number of hydrogen-bond acceptors (Lipinski definition) is 6. The van der Waals surface area contributed by atoms with Crippen LogP contribution in [-0.2, 0) is 16.2 Å². The van der Waals surface area contributed by atoms with Crippen molar-refractivity contribution in [2.75, 3.05) is 12.0 Å². The summed E-state index contributed by atoms with van der Waals surface area (Å²) < 4.78 is 0. The van der Waals surface area contributed by atoms with E-state index in [4.69, 9.17) is 0 Å². The van der Waals surface area contributed by atoms with Crippen LogP contribution in [0.2, 0.25) is 0 Å². The van der Waals surface area contributed by atoms with Gasteiger partial charge in [0, 0.05) is 31.4 Å². The van der Waals surface area contributed by atoms with Crippen LogP contribution in [0, 0.1) is 0 Å². The molecule has 22 heavy (non-hydrogen) atoms. The minimum absolute atomic E-state index is 0.0112. The molecule has 0 aliphatic carbocycles. The summed E-state index contributed by atoms with van der Waals surface area (Å²) in [5.74, 6) is -0.442. The second-order valence-electron chi connectivity index (χ2n) is 4.66. The van der Waals surface area contributed by atoms with Gasteiger partial charge in [0.05, 0.1) is 12.2 Å². The minimum Gasteiger partial charge on any atom is -0.344 e. The second-order valence-corrected chi connectivity index (χ2v) is 4.66. The lowest BCUT2D eigenvalue weighted by Gasteiger charge is -2.07. The van der Waals surface area contributed by atoms with Crippen molar-refractivity contribution in [2.45, 2.75) is 13.5 Å². The Morgan fingerprint density at radius 2 is 1.95 bits per heavy atom. The van der Waals surface area contributed by atoms with Gasteiger partial charge in [0.15, 0.2) is 5.78 Å². The summed E-state index contributed by atoms with van der Waals surface area (Å²) in [6, 6.07) is 10.5. The third kappa shape index (κ3) is 4.99. The molecule has 1 aromatic carbocycles. The monoisotopic (exact) mass is 299 g/mol. The van der Waals surface area contributed by atoms with Gasteiger partial charge in [0.1, 0.15) is 0 Å². The molecule has 0 saturated carbocycles. The number of nitrogens with zero attached hydrogens (tertiary/aromatic N) is 1. The maximum atomic E-state index is 12.0. The van der Waals surface area contributed by atoms with Crippen LogP contribution in [0.1, 0.15) is 22.8 Å². The average Bonchev–Trinajstić information content (AvgIpc) is 2.54. The van der Waals surface area contributed by atoms with Crippen molar-refractivity contribution in [3.8, 4) is 0 Å². The highest BCUT2D eigenvalue weighted by molar-refractivity contribution is 5.97. The fourth-order valence-corrected chi connectivity index (χ4v) is 1.78. The van der Waals surface area contributed by atoms with E-state index in [1.54, 1.807) is 36.7 Å². The van der Waals surface area contributed by atoms with Crippen LogP contribution in [0.5, 0.6) is 0 Å². The Balaban J connectivity index is 1.81. The summed E-state index contributed by atoms with van der Waals surface area (Å²) >= 11 is 0. The highest BCUT2D eigenvalue weighted by atomic mass is 16.7. The van der Waals surface area contributed by atoms with Crippen LogP contribution >= 0.6 is 0 Å². The van der Waals surface area contributed by atoms with Gasteiger partial charge in [-0.1, -0.05) is 6.07 Å². The first-order valence-corrected chi connectivity index (χ1v) is 6.81. The van der Waals surface area contributed by atoms with Gasteiger partial charge in [-0.3, -0.25) is 14.6 Å². The Morgan fingerprint density at radius 1 is 1.18 bits per heavy atom. The molecule has 6 nitrogen and oxygen atoms in total. The summed E-state index contributed by atoms with van der Waals surface area (Å²) in [5.41, 5.74) is 4.71. The van der Waals surface area contributed by atoms with Crippen molar-refractivity contribution >= 4 is 17.4 Å². The predicted molar refractivity (Wildman–Crippen MR) is 82.1 cm³/mol. The first kappa shape index (κ1) is 15.7. The summed E-state index contributed by atoms with van der Waals surface area (Å²) in [6.07, 6.45) is 3.47. The number of anilines is 1. The van der Waals surface area contributed by atoms with Crippen LogP contribution in [0.3, 0.4) is 0 Å². The number of pyridine rings is 1. The first-order chi connectivity index (χ1) is 10.6. The molecule has 0 fully saturated rings. The Morgan fingerprint density at radius 3 is 2.59 bits per heavy atom. The zero-order chi connectivity index (χ0) is 15.8. The Kier molecular flexibility index (Phi) is 5.62. The van der Waals surface area contributed by atoms with Crippen LogP contribution in [0.25, 0.3) is 0 Å². The molecule has 0 bridgehead atoms. The first-order valence-electron chi connectivity index (χ1n) is 6.81. The number of carbonyl (C=O) groups excluding carboxylic acids is 2. The lowest BCUT2D eigenvalue weighted by molar-refractivity contribution is -0.138. The van der Waals surface area contributed by atoms with Crippen molar-refractivity contribution < 1.29 is 14.4 Å². The van der Waals surface area contributed by atoms with E-state index in [9.17, 15) is 9.59 Å². The number of ketones is 1. The predicted octanol–water partition coefficient (Wildman–Crippen LogP) is 1.94. The molecule has 1 aromatic heterocycles. The van der Waals surface area contributed by atoms with Crippen molar-refractivity contribution in [3.05, 3.63) is 59.9 Å². The van der Waals surface area contributed by atoms with Crippen molar-refractivity contribution in [1.29, 1.82) is 0 Å². The zero-order valence-corrected chi connectivity index (χ0v) is 12.2. The molecule has 0 spiro atoms. The van der Waals surface area contributed by atoms with Crippen molar-refractivity contribution in [3.63, 3.8) is 0 Å². The Labute approximate surface area is 128 Å². The van der Waals surface area contributed by atoms with Gasteiger partial charge in [-0.05, 0) is 35.9 Å². The van der Waals surface area contributed by atoms with E-state index in [0.717, 1.165) is 5.56 Å². The van der Waals surface area contributed by atoms with Gasteiger partial charge >= 0.3 is 5.97 Å². The molecule has 2 aromatic rings. The van der Waals surface area contributed by atoms with Crippen molar-refractivity contribution in [2.24, 2.45) is 0 Å². The summed E-state index contributed by atoms with van der Waals surface area (Å²) in [5, 5.41) is 3.08. The molecular weight excluding hydrogens is 282 g/mol. The van der Waals surface area contributed by atoms with E-state index in [-0.39, 0.29) is 12.3 Å². The highest BCUT2D eigenvalue weighted by Gasteiger charge is 2.05. The van der Waals surface area contributed by atoms with Gasteiger partial charge in [0.25, 0.3) is 0 Å². The largest absolute Gasteiger partial charge is 0.344 e. The Hall–Kier alpha value is -2.73. The second kappa shape index (κ2) is 7.90. The molecule has 6 heteroatoms. The molecule has 2 rings (SSSR count). The van der Waals surface area contributed by atoms with E-state index < -0.39 is 5.97 Å². The van der Waals surface area contributed by atoms with Gasteiger partial charge in [-0.15, -0.1) is 0 Å². The van der Waals surface area contributed by atoms with E-state index >= 15 is 0 Å². The number of carbonyl (C=O) groups is 2. The molecule has 0 atom stereocenters. The molecule has 0 aliphatic heterocycles. The zero-order valence-electron chi connectivity index (χ0n) is 12.2. The van der Waals surface area contributed by atoms with Crippen LogP contribution < -0.4 is 10.8 Å². The molecule has 0 radical (unpaired) electrons. The molecule has 2 N–H and O–H groups in total. The number of rotatable bonds is 7. The number of aromatic nitrogens is 1. The SMILES string of the molecule is CC(=O)ONc1ccc(C(=O)CNCc2cccnc2)cc1. The van der Waals surface area contributed by atoms with Crippen LogP contribution in [0.15, 0.2) is 48.8 Å². The van der Waals surface area contributed by atoms with E-state index in [2.05, 4.69) is 20.6 Å². The normalized spacial score (nSPS) is 10.0. The lowest BCUT2D eigenvalue weighted by Crippen LogP contribution is -2.22. The molecule has 114 valence electrons. The van der Waals surface area contributed by atoms with Gasteiger partial charge in [-0.2, -0.15) is 0 Å². The van der Waals surface area contributed by atoms with E-state index in [1.165, 1.54) is 6.92 Å². The Bertz CT molecular complexity index is 627. The summed E-state index contributed by atoms with van der Waals surface area (Å²) in [7, 11) is 0. The lowest BCUT2D eigenvalue weighted by atomic mass is 10.1.